The molecule has 5 N–H and O–H groups in total. The number of carboxylic acid groups (broad SMARTS) is 1. The van der Waals surface area contributed by atoms with Crippen molar-refractivity contribution in [3.8, 4) is 11.5 Å². The SMILES string of the molecule is CC(=O)O.COc1cc([N+](=O)[O-])cc(/C=N/N=C(N)N)c1OC. The van der Waals surface area contributed by atoms with Crippen molar-refractivity contribution in [2.75, 3.05) is 14.2 Å². The third kappa shape index (κ3) is 7.27. The number of hydrogen-bond acceptors (Lipinski definition) is 7. The summed E-state index contributed by atoms with van der Waals surface area (Å²) in [4.78, 5) is 19.2. The second-order valence-corrected chi connectivity index (χ2v) is 3.82. The molecule has 0 aliphatic rings. The number of guanidine groups is 1. The molecule has 0 amide bonds. The van der Waals surface area contributed by atoms with Gasteiger partial charge in [0.1, 0.15) is 0 Å². The van der Waals surface area contributed by atoms with Gasteiger partial charge in [-0.25, -0.2) is 0 Å². The van der Waals surface area contributed by atoms with Crippen LogP contribution in [0.2, 0.25) is 0 Å². The number of nitrogens with zero attached hydrogens (tertiary/aromatic N) is 3. The largest absolute Gasteiger partial charge is 0.493 e. The summed E-state index contributed by atoms with van der Waals surface area (Å²) in [6, 6.07) is 2.52. The van der Waals surface area contributed by atoms with Crippen LogP contribution in [-0.4, -0.2) is 42.4 Å². The van der Waals surface area contributed by atoms with Crippen molar-refractivity contribution in [3.63, 3.8) is 0 Å². The fourth-order valence-electron chi connectivity index (χ4n) is 1.34. The van der Waals surface area contributed by atoms with Crippen LogP contribution < -0.4 is 20.9 Å². The Morgan fingerprint density at radius 3 is 2.30 bits per heavy atom. The number of ether oxygens (including phenoxy) is 2. The van der Waals surface area contributed by atoms with Crippen molar-refractivity contribution in [2.45, 2.75) is 6.92 Å². The molecular formula is C12H17N5O6. The molecule has 0 aromatic heterocycles. The molecular weight excluding hydrogens is 310 g/mol. The molecule has 11 nitrogen and oxygen atoms in total. The summed E-state index contributed by atoms with van der Waals surface area (Å²) in [7, 11) is 2.78. The number of rotatable bonds is 5. The van der Waals surface area contributed by atoms with Crippen molar-refractivity contribution in [2.24, 2.45) is 21.7 Å². The molecule has 0 aliphatic heterocycles. The van der Waals surface area contributed by atoms with Gasteiger partial charge < -0.3 is 26.0 Å². The van der Waals surface area contributed by atoms with Crippen molar-refractivity contribution in [1.29, 1.82) is 0 Å². The van der Waals surface area contributed by atoms with Crippen LogP contribution in [0.1, 0.15) is 12.5 Å². The first-order valence-corrected chi connectivity index (χ1v) is 5.94. The van der Waals surface area contributed by atoms with E-state index in [4.69, 9.17) is 30.8 Å². The van der Waals surface area contributed by atoms with Gasteiger partial charge in [-0.05, 0) is 0 Å². The van der Waals surface area contributed by atoms with Crippen molar-refractivity contribution in [3.05, 3.63) is 27.8 Å². The Balaban J connectivity index is 0.00000108. The van der Waals surface area contributed by atoms with Crippen LogP contribution in [0.25, 0.3) is 0 Å². The highest BCUT2D eigenvalue weighted by atomic mass is 16.6. The first-order chi connectivity index (χ1) is 10.7. The van der Waals surface area contributed by atoms with Crippen LogP contribution in [0.3, 0.4) is 0 Å². The Kier molecular flexibility index (Phi) is 8.15. The van der Waals surface area contributed by atoms with E-state index in [2.05, 4.69) is 10.2 Å². The molecule has 0 spiro atoms. The van der Waals surface area contributed by atoms with Gasteiger partial charge in [0.2, 0.25) is 5.96 Å². The van der Waals surface area contributed by atoms with E-state index in [1.54, 1.807) is 0 Å². The predicted octanol–water partition coefficient (Wildman–Crippen LogP) is 0.310. The Morgan fingerprint density at radius 2 is 1.91 bits per heavy atom. The summed E-state index contributed by atoms with van der Waals surface area (Å²) in [5.41, 5.74) is 10.4. The maximum absolute atomic E-state index is 10.8. The van der Waals surface area contributed by atoms with Crippen molar-refractivity contribution >= 4 is 23.8 Å². The zero-order chi connectivity index (χ0) is 18.0. The van der Waals surface area contributed by atoms with Gasteiger partial charge in [-0.15, -0.1) is 5.10 Å². The fraction of sp³-hybridized carbons (Fsp3) is 0.250. The summed E-state index contributed by atoms with van der Waals surface area (Å²) < 4.78 is 10.1. The van der Waals surface area contributed by atoms with E-state index in [0.29, 0.717) is 11.3 Å². The van der Waals surface area contributed by atoms with Gasteiger partial charge in [-0.1, -0.05) is 0 Å². The normalized spacial score (nSPS) is 9.52. The minimum atomic E-state index is -0.833. The van der Waals surface area contributed by atoms with Crippen LogP contribution in [0, 0.1) is 10.1 Å². The number of methoxy groups -OCH3 is 2. The number of benzene rings is 1. The summed E-state index contributed by atoms with van der Waals surface area (Å²) in [6.07, 6.45) is 1.23. The Morgan fingerprint density at radius 1 is 1.35 bits per heavy atom. The summed E-state index contributed by atoms with van der Waals surface area (Å²) in [6.45, 7) is 1.08. The smallest absolute Gasteiger partial charge is 0.300 e. The average molecular weight is 327 g/mol. The molecule has 23 heavy (non-hydrogen) atoms. The van der Waals surface area contributed by atoms with Gasteiger partial charge in [0.05, 0.1) is 31.4 Å². The summed E-state index contributed by atoms with van der Waals surface area (Å²) in [5.74, 6) is -0.557. The number of carbonyl (C=O) groups is 1. The quantitative estimate of drug-likeness (QED) is 0.299. The van der Waals surface area contributed by atoms with E-state index >= 15 is 0 Å². The number of nitrogens with two attached hydrogens (primary N) is 2. The molecule has 0 radical (unpaired) electrons. The molecule has 0 saturated heterocycles. The standard InChI is InChI=1S/C10H13N5O4.C2H4O2/c1-18-8-4-7(15(16)17)3-6(9(8)19-2)5-13-14-10(11)12;1-2(3)4/h3-5H,1-2H3,(H4,11,12,14);1H3,(H,3,4)/b13-5+;. The fourth-order valence-corrected chi connectivity index (χ4v) is 1.34. The Hall–Kier alpha value is -3.37. The second-order valence-electron chi connectivity index (χ2n) is 3.82. The average Bonchev–Trinajstić information content (AvgIpc) is 2.45. The zero-order valence-corrected chi connectivity index (χ0v) is 12.7. The Bertz CT molecular complexity index is 621. The van der Waals surface area contributed by atoms with Crippen LogP contribution in [0.4, 0.5) is 5.69 Å². The maximum atomic E-state index is 10.8. The first-order valence-electron chi connectivity index (χ1n) is 5.94. The molecule has 11 heteroatoms. The molecule has 0 heterocycles. The monoisotopic (exact) mass is 327 g/mol. The van der Waals surface area contributed by atoms with Crippen LogP contribution in [0.5, 0.6) is 11.5 Å². The number of aliphatic carboxylic acids is 1. The highest BCUT2D eigenvalue weighted by Gasteiger charge is 2.16. The van der Waals surface area contributed by atoms with Gasteiger partial charge in [0.15, 0.2) is 11.5 Å². The lowest BCUT2D eigenvalue weighted by atomic mass is 10.1. The topological polar surface area (TPSA) is 176 Å². The lowest BCUT2D eigenvalue weighted by Gasteiger charge is -2.09. The molecule has 0 atom stereocenters. The van der Waals surface area contributed by atoms with Crippen molar-refractivity contribution in [1.82, 2.24) is 0 Å². The third-order valence-corrected chi connectivity index (χ3v) is 2.07. The minimum Gasteiger partial charge on any atom is -0.493 e. The third-order valence-electron chi connectivity index (χ3n) is 2.07. The molecule has 1 aromatic rings. The maximum Gasteiger partial charge on any atom is 0.300 e. The molecule has 0 unspecified atom stereocenters. The second kappa shape index (κ2) is 9.55. The van der Waals surface area contributed by atoms with Crippen molar-refractivity contribution < 1.29 is 24.3 Å². The van der Waals surface area contributed by atoms with E-state index in [1.807, 2.05) is 0 Å². The predicted molar refractivity (Wildman–Crippen MR) is 82.9 cm³/mol. The van der Waals surface area contributed by atoms with Crippen LogP contribution in [0.15, 0.2) is 22.3 Å². The Labute approximate surface area is 131 Å². The van der Waals surface area contributed by atoms with Gasteiger partial charge in [0, 0.05) is 18.6 Å². The van der Waals surface area contributed by atoms with E-state index in [-0.39, 0.29) is 17.4 Å². The number of carboxylic acids is 1. The van der Waals surface area contributed by atoms with Gasteiger partial charge in [0.25, 0.3) is 11.7 Å². The lowest BCUT2D eigenvalue weighted by Crippen LogP contribution is -2.21. The first kappa shape index (κ1) is 19.6. The molecule has 0 aliphatic carbocycles. The van der Waals surface area contributed by atoms with Crippen LogP contribution in [-0.2, 0) is 4.79 Å². The lowest BCUT2D eigenvalue weighted by molar-refractivity contribution is -0.385. The number of hydrogen-bond donors (Lipinski definition) is 3. The van der Waals surface area contributed by atoms with E-state index in [9.17, 15) is 10.1 Å². The number of non-ortho nitro benzene ring substituents is 1. The van der Waals surface area contributed by atoms with Gasteiger partial charge in [-0.2, -0.15) is 5.10 Å². The van der Waals surface area contributed by atoms with Gasteiger partial charge >= 0.3 is 0 Å². The molecule has 1 aromatic carbocycles. The molecule has 1 rings (SSSR count). The van der Waals surface area contributed by atoms with Crippen LogP contribution >= 0.6 is 0 Å². The van der Waals surface area contributed by atoms with E-state index in [1.165, 1.54) is 32.6 Å². The molecule has 126 valence electrons. The number of nitro benzene ring substituents is 1. The van der Waals surface area contributed by atoms with E-state index < -0.39 is 10.9 Å². The summed E-state index contributed by atoms with van der Waals surface area (Å²) in [5, 5.41) is 25.2. The van der Waals surface area contributed by atoms with E-state index in [0.717, 1.165) is 6.92 Å². The highest BCUT2D eigenvalue weighted by Crippen LogP contribution is 2.34. The van der Waals surface area contributed by atoms with Gasteiger partial charge in [-0.3, -0.25) is 14.9 Å². The summed E-state index contributed by atoms with van der Waals surface area (Å²) >= 11 is 0. The highest BCUT2D eigenvalue weighted by molar-refractivity contribution is 5.87. The molecule has 0 fully saturated rings. The molecule has 0 bridgehead atoms. The number of nitro groups is 1. The zero-order valence-electron chi connectivity index (χ0n) is 12.7. The molecule has 0 saturated carbocycles. The minimum absolute atomic E-state index is 0.163.